The van der Waals surface area contributed by atoms with Crippen molar-refractivity contribution in [3.05, 3.63) is 63.9 Å². The molecule has 2 aromatic carbocycles. The number of rotatable bonds is 4. The van der Waals surface area contributed by atoms with E-state index >= 15 is 0 Å². The van der Waals surface area contributed by atoms with Crippen molar-refractivity contribution in [2.24, 2.45) is 0 Å². The molecule has 4 heteroatoms. The van der Waals surface area contributed by atoms with Crippen molar-refractivity contribution in [2.45, 2.75) is 6.92 Å². The van der Waals surface area contributed by atoms with E-state index in [9.17, 15) is 9.18 Å². The van der Waals surface area contributed by atoms with Crippen LogP contribution in [-0.4, -0.2) is 12.4 Å². The van der Waals surface area contributed by atoms with Crippen molar-refractivity contribution in [3.8, 4) is 5.75 Å². The van der Waals surface area contributed by atoms with Gasteiger partial charge in [0, 0.05) is 16.1 Å². The van der Waals surface area contributed by atoms with Crippen LogP contribution >= 0.6 is 15.9 Å². The van der Waals surface area contributed by atoms with Gasteiger partial charge in [-0.3, -0.25) is 4.79 Å². The number of halogens is 2. The smallest absolute Gasteiger partial charge is 0.200 e. The van der Waals surface area contributed by atoms with Crippen molar-refractivity contribution in [3.63, 3.8) is 0 Å². The summed E-state index contributed by atoms with van der Waals surface area (Å²) in [5.74, 6) is -0.218. The summed E-state index contributed by atoms with van der Waals surface area (Å²) in [4.78, 5) is 11.9. The first-order chi connectivity index (χ1) is 9.04. The molecule has 0 heterocycles. The van der Waals surface area contributed by atoms with Crippen LogP contribution in [0.25, 0.3) is 0 Å². The predicted molar refractivity (Wildman–Crippen MR) is 75.1 cm³/mol. The number of ketones is 1. The number of hydrogen-bond acceptors (Lipinski definition) is 2. The number of carbonyl (C=O) groups is 1. The first-order valence-electron chi connectivity index (χ1n) is 5.73. The normalized spacial score (nSPS) is 10.3. The fourth-order valence-corrected chi connectivity index (χ4v) is 2.11. The fraction of sp³-hybridized carbons (Fsp3) is 0.133. The molecule has 0 saturated carbocycles. The summed E-state index contributed by atoms with van der Waals surface area (Å²) in [5.41, 5.74) is 1.61. The third-order valence-corrected chi connectivity index (χ3v) is 3.00. The van der Waals surface area contributed by atoms with Crippen molar-refractivity contribution in [2.75, 3.05) is 6.61 Å². The SMILES string of the molecule is Cc1cccc(C(=O)COc2cc(F)cc(Br)c2)c1. The molecular formula is C15H12BrFO2. The van der Waals surface area contributed by atoms with Crippen LogP contribution in [-0.2, 0) is 0 Å². The van der Waals surface area contributed by atoms with Gasteiger partial charge < -0.3 is 4.74 Å². The quantitative estimate of drug-likeness (QED) is 0.790. The molecule has 0 aliphatic carbocycles. The third-order valence-electron chi connectivity index (χ3n) is 2.55. The van der Waals surface area contributed by atoms with Gasteiger partial charge >= 0.3 is 0 Å². The molecule has 2 aromatic rings. The third kappa shape index (κ3) is 3.89. The zero-order valence-electron chi connectivity index (χ0n) is 10.3. The Labute approximate surface area is 119 Å². The number of Topliss-reactive ketones (excluding diaryl/α,β-unsaturated/α-hetero) is 1. The van der Waals surface area contributed by atoms with Gasteiger partial charge in [-0.05, 0) is 25.1 Å². The van der Waals surface area contributed by atoms with Crippen LogP contribution in [0.2, 0.25) is 0 Å². The number of ether oxygens (including phenoxy) is 1. The van der Waals surface area contributed by atoms with E-state index in [2.05, 4.69) is 15.9 Å². The Kier molecular flexibility index (Phi) is 4.32. The minimum absolute atomic E-state index is 0.112. The largest absolute Gasteiger partial charge is 0.485 e. The number of hydrogen-bond donors (Lipinski definition) is 0. The summed E-state index contributed by atoms with van der Waals surface area (Å²) in [6.45, 7) is 1.81. The van der Waals surface area contributed by atoms with Crippen LogP contribution in [0.5, 0.6) is 5.75 Å². The summed E-state index contributed by atoms with van der Waals surface area (Å²) in [6, 6.07) is 11.5. The molecule has 0 bridgehead atoms. The summed E-state index contributed by atoms with van der Waals surface area (Å²) in [5, 5.41) is 0. The van der Waals surface area contributed by atoms with Gasteiger partial charge in [-0.15, -0.1) is 0 Å². The van der Waals surface area contributed by atoms with Gasteiger partial charge in [0.25, 0.3) is 0 Å². The fourth-order valence-electron chi connectivity index (χ4n) is 1.66. The zero-order valence-corrected chi connectivity index (χ0v) is 11.9. The molecule has 0 spiro atoms. The Morgan fingerprint density at radius 3 is 2.74 bits per heavy atom. The topological polar surface area (TPSA) is 26.3 Å². The number of carbonyl (C=O) groups excluding carboxylic acids is 1. The van der Waals surface area contributed by atoms with E-state index in [0.717, 1.165) is 5.56 Å². The average Bonchev–Trinajstić information content (AvgIpc) is 2.35. The van der Waals surface area contributed by atoms with Crippen molar-refractivity contribution in [1.82, 2.24) is 0 Å². The maximum Gasteiger partial charge on any atom is 0.200 e. The zero-order chi connectivity index (χ0) is 13.8. The van der Waals surface area contributed by atoms with Crippen LogP contribution in [0.15, 0.2) is 46.9 Å². The highest BCUT2D eigenvalue weighted by Gasteiger charge is 2.08. The molecule has 19 heavy (non-hydrogen) atoms. The van der Waals surface area contributed by atoms with Gasteiger partial charge in [0.05, 0.1) is 0 Å². The molecule has 0 saturated heterocycles. The average molecular weight is 323 g/mol. The van der Waals surface area contributed by atoms with E-state index in [4.69, 9.17) is 4.74 Å². The molecule has 0 aliphatic heterocycles. The summed E-state index contributed by atoms with van der Waals surface area (Å²) >= 11 is 3.17. The summed E-state index contributed by atoms with van der Waals surface area (Å²) < 4.78 is 19.0. The highest BCUT2D eigenvalue weighted by atomic mass is 79.9. The van der Waals surface area contributed by atoms with Gasteiger partial charge in [0.2, 0.25) is 0 Å². The second-order valence-electron chi connectivity index (χ2n) is 4.19. The maximum atomic E-state index is 13.1. The molecule has 0 atom stereocenters. The molecule has 0 amide bonds. The lowest BCUT2D eigenvalue weighted by atomic mass is 10.1. The summed E-state index contributed by atoms with van der Waals surface area (Å²) in [6.07, 6.45) is 0. The summed E-state index contributed by atoms with van der Waals surface area (Å²) in [7, 11) is 0. The Bertz CT molecular complexity index is 591. The Hall–Kier alpha value is -1.68. The first kappa shape index (κ1) is 13.7. The lowest BCUT2D eigenvalue weighted by Gasteiger charge is -2.06. The molecule has 0 aliphatic rings. The van der Waals surface area contributed by atoms with Crippen molar-refractivity contribution < 1.29 is 13.9 Å². The Morgan fingerprint density at radius 2 is 2.05 bits per heavy atom. The maximum absolute atomic E-state index is 13.1. The standard InChI is InChI=1S/C15H12BrFO2/c1-10-3-2-4-11(5-10)15(18)9-19-14-7-12(16)6-13(17)8-14/h2-8H,9H2,1H3. The molecule has 2 nitrogen and oxygen atoms in total. The van der Waals surface area contributed by atoms with Gasteiger partial charge in [0.1, 0.15) is 11.6 Å². The Morgan fingerprint density at radius 1 is 1.26 bits per heavy atom. The monoisotopic (exact) mass is 322 g/mol. The minimum atomic E-state index is -0.410. The van der Waals surface area contributed by atoms with Gasteiger partial charge in [-0.25, -0.2) is 4.39 Å². The second kappa shape index (κ2) is 5.97. The van der Waals surface area contributed by atoms with E-state index in [1.807, 2.05) is 19.1 Å². The Balaban J connectivity index is 2.04. The van der Waals surface area contributed by atoms with Gasteiger partial charge in [-0.1, -0.05) is 39.7 Å². The van der Waals surface area contributed by atoms with E-state index in [1.54, 1.807) is 18.2 Å². The molecule has 0 aromatic heterocycles. The molecular weight excluding hydrogens is 311 g/mol. The van der Waals surface area contributed by atoms with Crippen LogP contribution in [0, 0.1) is 12.7 Å². The number of aryl methyl sites for hydroxylation is 1. The van der Waals surface area contributed by atoms with E-state index < -0.39 is 5.82 Å². The lowest BCUT2D eigenvalue weighted by Crippen LogP contribution is -2.11. The van der Waals surface area contributed by atoms with Crippen LogP contribution in [0.1, 0.15) is 15.9 Å². The van der Waals surface area contributed by atoms with Crippen molar-refractivity contribution >= 4 is 21.7 Å². The highest BCUT2D eigenvalue weighted by molar-refractivity contribution is 9.10. The first-order valence-corrected chi connectivity index (χ1v) is 6.52. The van der Waals surface area contributed by atoms with E-state index in [1.165, 1.54) is 12.1 Å². The molecule has 98 valence electrons. The molecule has 0 N–H and O–H groups in total. The van der Waals surface area contributed by atoms with Crippen LogP contribution in [0.3, 0.4) is 0 Å². The minimum Gasteiger partial charge on any atom is -0.485 e. The lowest BCUT2D eigenvalue weighted by molar-refractivity contribution is 0.0921. The molecule has 0 radical (unpaired) electrons. The van der Waals surface area contributed by atoms with Gasteiger partial charge in [0.15, 0.2) is 12.4 Å². The molecule has 2 rings (SSSR count). The van der Waals surface area contributed by atoms with Crippen LogP contribution < -0.4 is 4.74 Å². The number of benzene rings is 2. The molecule has 0 fully saturated rings. The van der Waals surface area contributed by atoms with Crippen molar-refractivity contribution in [1.29, 1.82) is 0 Å². The van der Waals surface area contributed by atoms with Crippen LogP contribution in [0.4, 0.5) is 4.39 Å². The van der Waals surface area contributed by atoms with E-state index in [-0.39, 0.29) is 12.4 Å². The second-order valence-corrected chi connectivity index (χ2v) is 5.10. The predicted octanol–water partition coefficient (Wildman–Crippen LogP) is 4.16. The van der Waals surface area contributed by atoms with E-state index in [0.29, 0.717) is 15.8 Å². The molecule has 0 unspecified atom stereocenters. The van der Waals surface area contributed by atoms with Gasteiger partial charge in [-0.2, -0.15) is 0 Å². The highest BCUT2D eigenvalue weighted by Crippen LogP contribution is 2.20.